The molecule has 0 aliphatic heterocycles. The summed E-state index contributed by atoms with van der Waals surface area (Å²) in [5.41, 5.74) is 0.777. The molecule has 0 amide bonds. The minimum atomic E-state index is 0.0860. The lowest BCUT2D eigenvalue weighted by molar-refractivity contribution is 0.298. The molecule has 0 unspecified atom stereocenters. The molecule has 0 saturated carbocycles. The van der Waals surface area contributed by atoms with Crippen LogP contribution < -0.4 is 0 Å². The van der Waals surface area contributed by atoms with Gasteiger partial charge in [-0.05, 0) is 0 Å². The van der Waals surface area contributed by atoms with Crippen LogP contribution in [-0.4, -0.2) is 41.5 Å². The Kier molecular flexibility index (Phi) is 2.72. The van der Waals surface area contributed by atoms with Crippen LogP contribution in [0.1, 0.15) is 11.5 Å². The van der Waals surface area contributed by atoms with E-state index in [1.807, 2.05) is 11.6 Å². The summed E-state index contributed by atoms with van der Waals surface area (Å²) in [5, 5.41) is 24.3. The fourth-order valence-electron chi connectivity index (χ4n) is 1.24. The van der Waals surface area contributed by atoms with Crippen molar-refractivity contribution in [3.05, 3.63) is 24.0 Å². The lowest BCUT2D eigenvalue weighted by atomic mass is 10.3. The van der Waals surface area contributed by atoms with E-state index in [-0.39, 0.29) is 6.61 Å². The second-order valence-electron chi connectivity index (χ2n) is 3.24. The van der Waals surface area contributed by atoms with E-state index in [0.717, 1.165) is 11.5 Å². The number of aromatic nitrogens is 6. The number of hydrogen-bond donors (Lipinski definition) is 1. The molecule has 2 heterocycles. The maximum atomic E-state index is 8.73. The smallest absolute Gasteiger partial charge is 0.154 e. The van der Waals surface area contributed by atoms with E-state index in [1.165, 1.54) is 0 Å². The Morgan fingerprint density at radius 1 is 1.40 bits per heavy atom. The van der Waals surface area contributed by atoms with Gasteiger partial charge in [-0.1, -0.05) is 5.21 Å². The van der Waals surface area contributed by atoms with Crippen molar-refractivity contribution in [2.24, 2.45) is 7.05 Å². The zero-order valence-electron chi connectivity index (χ0n) is 8.41. The normalized spacial score (nSPS) is 10.8. The Morgan fingerprint density at radius 2 is 2.27 bits per heavy atom. The third kappa shape index (κ3) is 2.18. The van der Waals surface area contributed by atoms with E-state index in [0.29, 0.717) is 13.0 Å². The van der Waals surface area contributed by atoms with Gasteiger partial charge in [0.25, 0.3) is 0 Å². The molecule has 0 bridgehead atoms. The summed E-state index contributed by atoms with van der Waals surface area (Å²) in [6.45, 7) is 0.623. The van der Waals surface area contributed by atoms with Gasteiger partial charge in [-0.15, -0.1) is 15.3 Å². The molecule has 1 N–H and O–H groups in total. The quantitative estimate of drug-likeness (QED) is 0.696. The van der Waals surface area contributed by atoms with Gasteiger partial charge in [-0.25, -0.2) is 4.68 Å². The van der Waals surface area contributed by atoms with Gasteiger partial charge in [-0.3, -0.25) is 0 Å². The maximum Gasteiger partial charge on any atom is 0.154 e. The van der Waals surface area contributed by atoms with E-state index in [1.54, 1.807) is 17.2 Å². The molecule has 0 aromatic carbocycles. The van der Waals surface area contributed by atoms with Gasteiger partial charge >= 0.3 is 0 Å². The Labute approximate surface area is 86.4 Å². The Balaban J connectivity index is 2.08. The lowest BCUT2D eigenvalue weighted by Gasteiger charge is -1.98. The highest BCUT2D eigenvalue weighted by molar-refractivity contribution is 4.94. The maximum absolute atomic E-state index is 8.73. The number of aryl methyl sites for hydroxylation is 1. The van der Waals surface area contributed by atoms with Crippen LogP contribution in [0.3, 0.4) is 0 Å². The van der Waals surface area contributed by atoms with E-state index in [2.05, 4.69) is 20.5 Å². The van der Waals surface area contributed by atoms with Gasteiger partial charge in [0.05, 0.1) is 5.69 Å². The molecule has 0 fully saturated rings. The highest BCUT2D eigenvalue weighted by atomic mass is 16.3. The molecule has 80 valence electrons. The van der Waals surface area contributed by atoms with Gasteiger partial charge in [0, 0.05) is 26.3 Å². The first-order valence-electron chi connectivity index (χ1n) is 4.62. The summed E-state index contributed by atoms with van der Waals surface area (Å²) in [5.74, 6) is 0.815. The zero-order chi connectivity index (χ0) is 10.7. The Hall–Kier alpha value is -1.76. The molecule has 7 heteroatoms. The summed E-state index contributed by atoms with van der Waals surface area (Å²) < 4.78 is 3.50. The first-order chi connectivity index (χ1) is 7.29. The van der Waals surface area contributed by atoms with Crippen LogP contribution in [0.2, 0.25) is 0 Å². The third-order valence-electron chi connectivity index (χ3n) is 2.06. The van der Waals surface area contributed by atoms with Crippen LogP contribution in [0, 0.1) is 0 Å². The number of aliphatic hydroxyl groups is 1. The van der Waals surface area contributed by atoms with Crippen LogP contribution in [0.4, 0.5) is 0 Å². The van der Waals surface area contributed by atoms with E-state index >= 15 is 0 Å². The number of nitrogens with zero attached hydrogens (tertiary/aromatic N) is 6. The predicted octanol–water partition coefficient (Wildman–Crippen LogP) is -1.01. The molecule has 0 spiro atoms. The first kappa shape index (κ1) is 9.78. The average Bonchev–Trinajstić information content (AvgIpc) is 2.79. The predicted molar refractivity (Wildman–Crippen MR) is 50.9 cm³/mol. The van der Waals surface area contributed by atoms with Crippen LogP contribution >= 0.6 is 0 Å². The summed E-state index contributed by atoms with van der Waals surface area (Å²) in [6, 6.07) is 0. The molecule has 0 atom stereocenters. The Bertz CT molecular complexity index is 434. The topological polar surface area (TPSA) is 81.7 Å². The largest absolute Gasteiger partial charge is 0.396 e. The van der Waals surface area contributed by atoms with Gasteiger partial charge in [0.15, 0.2) is 5.82 Å². The second kappa shape index (κ2) is 4.18. The first-order valence-corrected chi connectivity index (χ1v) is 4.62. The lowest BCUT2D eigenvalue weighted by Crippen LogP contribution is -2.06. The molecule has 15 heavy (non-hydrogen) atoms. The van der Waals surface area contributed by atoms with Crippen LogP contribution in [0.15, 0.2) is 12.5 Å². The van der Waals surface area contributed by atoms with Gasteiger partial charge in [-0.2, -0.15) is 0 Å². The Morgan fingerprint density at radius 3 is 2.93 bits per heavy atom. The SMILES string of the molecule is Cn1cnnc1Cn1cc(CCO)nn1. The van der Waals surface area contributed by atoms with Crippen LogP contribution in [0.25, 0.3) is 0 Å². The highest BCUT2D eigenvalue weighted by Gasteiger charge is 2.04. The van der Waals surface area contributed by atoms with E-state index in [4.69, 9.17) is 5.11 Å². The second-order valence-corrected chi connectivity index (χ2v) is 3.24. The monoisotopic (exact) mass is 208 g/mol. The highest BCUT2D eigenvalue weighted by Crippen LogP contribution is 1.98. The molecule has 2 rings (SSSR count). The van der Waals surface area contributed by atoms with E-state index in [9.17, 15) is 0 Å². The summed E-state index contributed by atoms with van der Waals surface area (Å²) in [6.07, 6.45) is 3.96. The van der Waals surface area contributed by atoms with Crippen molar-refractivity contribution in [1.29, 1.82) is 0 Å². The number of aliphatic hydroxyl groups excluding tert-OH is 1. The van der Waals surface area contributed by atoms with Crippen LogP contribution in [-0.2, 0) is 20.0 Å². The molecular formula is C8H12N6O. The van der Waals surface area contributed by atoms with Gasteiger partial charge in [0.1, 0.15) is 12.9 Å². The van der Waals surface area contributed by atoms with Crippen molar-refractivity contribution in [3.8, 4) is 0 Å². The average molecular weight is 208 g/mol. The van der Waals surface area contributed by atoms with Crippen molar-refractivity contribution < 1.29 is 5.11 Å². The summed E-state index contributed by atoms with van der Waals surface area (Å²) in [4.78, 5) is 0. The molecule has 2 aromatic heterocycles. The fraction of sp³-hybridized carbons (Fsp3) is 0.500. The molecule has 2 aromatic rings. The molecule has 7 nitrogen and oxygen atoms in total. The van der Waals surface area contributed by atoms with Gasteiger partial charge in [0.2, 0.25) is 0 Å². The van der Waals surface area contributed by atoms with E-state index < -0.39 is 0 Å². The zero-order valence-corrected chi connectivity index (χ0v) is 8.41. The van der Waals surface area contributed by atoms with Crippen LogP contribution in [0.5, 0.6) is 0 Å². The summed E-state index contributed by atoms with van der Waals surface area (Å²) >= 11 is 0. The van der Waals surface area contributed by atoms with Crippen molar-refractivity contribution >= 4 is 0 Å². The minimum Gasteiger partial charge on any atom is -0.396 e. The van der Waals surface area contributed by atoms with Crippen molar-refractivity contribution in [2.75, 3.05) is 6.61 Å². The van der Waals surface area contributed by atoms with Crippen molar-refractivity contribution in [1.82, 2.24) is 29.8 Å². The minimum absolute atomic E-state index is 0.0860. The molecular weight excluding hydrogens is 196 g/mol. The molecule has 0 radical (unpaired) electrons. The molecule has 0 saturated heterocycles. The fourth-order valence-corrected chi connectivity index (χ4v) is 1.24. The van der Waals surface area contributed by atoms with Crippen molar-refractivity contribution in [2.45, 2.75) is 13.0 Å². The standard InChI is InChI=1S/C8H12N6O/c1-13-6-9-11-8(13)5-14-4-7(2-3-15)10-12-14/h4,6,15H,2-3,5H2,1H3. The third-order valence-corrected chi connectivity index (χ3v) is 2.06. The number of rotatable bonds is 4. The molecule has 0 aliphatic rings. The van der Waals surface area contributed by atoms with Crippen molar-refractivity contribution in [3.63, 3.8) is 0 Å². The summed E-state index contributed by atoms with van der Waals surface area (Å²) in [7, 11) is 1.88. The van der Waals surface area contributed by atoms with Gasteiger partial charge < -0.3 is 9.67 Å². The number of hydrogen-bond acceptors (Lipinski definition) is 5. The molecule has 0 aliphatic carbocycles.